The number of amides is 1. The van der Waals surface area contributed by atoms with E-state index in [1.54, 1.807) is 0 Å². The molecule has 6 nitrogen and oxygen atoms in total. The van der Waals surface area contributed by atoms with Crippen LogP contribution in [-0.4, -0.2) is 33.7 Å². The second kappa shape index (κ2) is 7.89. The van der Waals surface area contributed by atoms with Crippen LogP contribution in [0.3, 0.4) is 0 Å². The highest BCUT2D eigenvalue weighted by Crippen LogP contribution is 2.26. The van der Waals surface area contributed by atoms with E-state index >= 15 is 0 Å². The Hall–Kier alpha value is -2.08. The van der Waals surface area contributed by atoms with Crippen LogP contribution < -0.4 is 5.32 Å². The van der Waals surface area contributed by atoms with Crippen molar-refractivity contribution >= 4 is 5.91 Å². The van der Waals surface area contributed by atoms with Gasteiger partial charge in [-0.1, -0.05) is 13.3 Å². The van der Waals surface area contributed by atoms with Crippen LogP contribution in [-0.2, 0) is 24.4 Å². The lowest BCUT2D eigenvalue weighted by Crippen LogP contribution is -2.35. The number of aromatic nitrogens is 2. The number of hydrogen-bond donors (Lipinski definition) is 1. The third-order valence-corrected chi connectivity index (χ3v) is 5.97. The van der Waals surface area contributed by atoms with Crippen LogP contribution in [0.4, 0.5) is 0 Å². The average molecular weight is 370 g/mol. The van der Waals surface area contributed by atoms with Gasteiger partial charge in [0, 0.05) is 24.9 Å². The van der Waals surface area contributed by atoms with Gasteiger partial charge in [0.15, 0.2) is 0 Å². The molecule has 1 atom stereocenters. The smallest absolute Gasteiger partial charge is 0.223 e. The van der Waals surface area contributed by atoms with Crippen LogP contribution in [0.2, 0.25) is 0 Å². The van der Waals surface area contributed by atoms with Gasteiger partial charge in [-0.2, -0.15) is 5.10 Å². The largest absolute Gasteiger partial charge is 0.466 e. The van der Waals surface area contributed by atoms with Gasteiger partial charge in [-0.3, -0.25) is 14.4 Å². The van der Waals surface area contributed by atoms with Gasteiger partial charge in [0.2, 0.25) is 5.91 Å². The molecule has 2 aromatic rings. The van der Waals surface area contributed by atoms with Crippen molar-refractivity contribution in [2.24, 2.45) is 5.92 Å². The summed E-state index contributed by atoms with van der Waals surface area (Å²) < 4.78 is 7.85. The summed E-state index contributed by atoms with van der Waals surface area (Å²) in [5, 5.41) is 7.71. The molecule has 146 valence electrons. The molecule has 2 aromatic heterocycles. The SMILES string of the molecule is Cc1ccc([C@@H](C)CCN2CCn3nc(CNC(=O)C4CCC4)cc3C2)o1. The summed E-state index contributed by atoms with van der Waals surface area (Å²) in [6, 6.07) is 6.28. The highest BCUT2D eigenvalue weighted by molar-refractivity contribution is 5.79. The Bertz CT molecular complexity index is 790. The van der Waals surface area contributed by atoms with E-state index in [0.29, 0.717) is 12.5 Å². The highest BCUT2D eigenvalue weighted by Gasteiger charge is 2.25. The van der Waals surface area contributed by atoms with Crippen LogP contribution in [0.5, 0.6) is 0 Å². The van der Waals surface area contributed by atoms with Gasteiger partial charge in [0.05, 0.1) is 24.5 Å². The number of carbonyl (C=O) groups excluding carboxylic acids is 1. The van der Waals surface area contributed by atoms with Crippen LogP contribution in [0.1, 0.15) is 61.4 Å². The lowest BCUT2D eigenvalue weighted by atomic mass is 9.85. The molecule has 27 heavy (non-hydrogen) atoms. The van der Waals surface area contributed by atoms with Crippen molar-refractivity contribution in [1.29, 1.82) is 0 Å². The summed E-state index contributed by atoms with van der Waals surface area (Å²) in [5.74, 6) is 2.92. The van der Waals surface area contributed by atoms with Gasteiger partial charge >= 0.3 is 0 Å². The molecule has 4 rings (SSSR count). The summed E-state index contributed by atoms with van der Waals surface area (Å²) in [6.45, 7) is 8.69. The third kappa shape index (κ3) is 4.26. The zero-order chi connectivity index (χ0) is 18.8. The molecular formula is C21H30N4O2. The summed E-state index contributed by atoms with van der Waals surface area (Å²) in [7, 11) is 0. The molecule has 1 amide bonds. The fraction of sp³-hybridized carbons (Fsp3) is 0.619. The van der Waals surface area contributed by atoms with Gasteiger partial charge in [-0.15, -0.1) is 0 Å². The Kier molecular flexibility index (Phi) is 5.34. The number of furan rings is 1. The lowest BCUT2D eigenvalue weighted by Gasteiger charge is -2.28. The molecule has 2 aliphatic rings. The van der Waals surface area contributed by atoms with Crippen molar-refractivity contribution < 1.29 is 9.21 Å². The summed E-state index contributed by atoms with van der Waals surface area (Å²) in [6.07, 6.45) is 4.35. The molecule has 3 heterocycles. The first-order valence-electron chi connectivity index (χ1n) is 10.2. The van der Waals surface area contributed by atoms with E-state index in [4.69, 9.17) is 4.42 Å². The molecular weight excluding hydrogens is 340 g/mol. The minimum Gasteiger partial charge on any atom is -0.466 e. The summed E-state index contributed by atoms with van der Waals surface area (Å²) in [5.41, 5.74) is 2.22. The van der Waals surface area contributed by atoms with E-state index in [-0.39, 0.29) is 11.8 Å². The number of fused-ring (bicyclic) bond motifs is 1. The average Bonchev–Trinajstić information content (AvgIpc) is 3.21. The van der Waals surface area contributed by atoms with Gasteiger partial charge < -0.3 is 9.73 Å². The molecule has 0 aromatic carbocycles. The number of hydrogen-bond acceptors (Lipinski definition) is 4. The lowest BCUT2D eigenvalue weighted by molar-refractivity contribution is -0.127. The standard InChI is InChI=1S/C21H30N4O2/c1-15(20-7-6-16(2)27-20)8-9-24-10-11-25-19(14-24)12-18(23-25)13-22-21(26)17-4-3-5-17/h6-7,12,15,17H,3-5,8-11,13-14H2,1-2H3,(H,22,26)/t15-/m0/s1. The monoisotopic (exact) mass is 370 g/mol. The van der Waals surface area contributed by atoms with Crippen LogP contribution in [0.15, 0.2) is 22.6 Å². The van der Waals surface area contributed by atoms with E-state index in [0.717, 1.165) is 62.7 Å². The van der Waals surface area contributed by atoms with E-state index in [1.165, 1.54) is 12.1 Å². The molecule has 0 spiro atoms. The molecule has 1 fully saturated rings. The van der Waals surface area contributed by atoms with Crippen molar-refractivity contribution in [2.75, 3.05) is 13.1 Å². The quantitative estimate of drug-likeness (QED) is 0.813. The summed E-state index contributed by atoms with van der Waals surface area (Å²) >= 11 is 0. The molecule has 1 N–H and O–H groups in total. The maximum atomic E-state index is 12.0. The molecule has 0 radical (unpaired) electrons. The fourth-order valence-corrected chi connectivity index (χ4v) is 3.89. The number of carbonyl (C=O) groups is 1. The first kappa shape index (κ1) is 18.3. The van der Waals surface area contributed by atoms with Gasteiger partial charge in [-0.05, 0) is 50.9 Å². The molecule has 1 aliphatic carbocycles. The Morgan fingerprint density at radius 2 is 2.22 bits per heavy atom. The van der Waals surface area contributed by atoms with E-state index in [2.05, 4.69) is 39.1 Å². The van der Waals surface area contributed by atoms with Crippen molar-refractivity contribution in [3.63, 3.8) is 0 Å². The Morgan fingerprint density at radius 1 is 1.37 bits per heavy atom. The number of rotatable bonds is 7. The Labute approximate surface area is 160 Å². The van der Waals surface area contributed by atoms with Gasteiger partial charge in [0.1, 0.15) is 11.5 Å². The number of aryl methyl sites for hydroxylation is 1. The Balaban J connectivity index is 1.26. The molecule has 6 heteroatoms. The zero-order valence-electron chi connectivity index (χ0n) is 16.4. The predicted molar refractivity (Wildman–Crippen MR) is 103 cm³/mol. The number of nitrogens with zero attached hydrogens (tertiary/aromatic N) is 3. The zero-order valence-corrected chi connectivity index (χ0v) is 16.4. The normalized spacial score (nSPS) is 18.7. The van der Waals surface area contributed by atoms with E-state index < -0.39 is 0 Å². The maximum Gasteiger partial charge on any atom is 0.223 e. The predicted octanol–water partition coefficient (Wildman–Crippen LogP) is 3.21. The summed E-state index contributed by atoms with van der Waals surface area (Å²) in [4.78, 5) is 14.5. The topological polar surface area (TPSA) is 63.3 Å². The fourth-order valence-electron chi connectivity index (χ4n) is 3.89. The minimum atomic E-state index is 0.191. The van der Waals surface area contributed by atoms with Crippen LogP contribution in [0.25, 0.3) is 0 Å². The van der Waals surface area contributed by atoms with E-state index in [9.17, 15) is 4.79 Å². The second-order valence-electron chi connectivity index (χ2n) is 8.11. The van der Waals surface area contributed by atoms with Crippen molar-refractivity contribution in [1.82, 2.24) is 20.0 Å². The van der Waals surface area contributed by atoms with Crippen LogP contribution in [0, 0.1) is 12.8 Å². The van der Waals surface area contributed by atoms with Crippen molar-refractivity contribution in [2.45, 2.75) is 65.1 Å². The molecule has 1 aliphatic heterocycles. The van der Waals surface area contributed by atoms with Crippen molar-refractivity contribution in [3.05, 3.63) is 41.1 Å². The molecule has 0 saturated heterocycles. The van der Waals surface area contributed by atoms with E-state index in [1.807, 2.05) is 13.0 Å². The maximum absolute atomic E-state index is 12.0. The first-order chi connectivity index (χ1) is 13.1. The first-order valence-corrected chi connectivity index (χ1v) is 10.2. The Morgan fingerprint density at radius 3 is 2.93 bits per heavy atom. The number of nitrogens with one attached hydrogen (secondary N) is 1. The van der Waals surface area contributed by atoms with Crippen LogP contribution >= 0.6 is 0 Å². The third-order valence-electron chi connectivity index (χ3n) is 5.97. The molecule has 0 unspecified atom stereocenters. The van der Waals surface area contributed by atoms with Crippen molar-refractivity contribution in [3.8, 4) is 0 Å². The second-order valence-corrected chi connectivity index (χ2v) is 8.11. The van der Waals surface area contributed by atoms with Gasteiger partial charge in [-0.25, -0.2) is 0 Å². The minimum absolute atomic E-state index is 0.191. The highest BCUT2D eigenvalue weighted by atomic mass is 16.3. The van der Waals surface area contributed by atoms with Gasteiger partial charge in [0.25, 0.3) is 0 Å². The molecule has 0 bridgehead atoms. The molecule has 1 saturated carbocycles.